The van der Waals surface area contributed by atoms with Gasteiger partial charge in [-0.25, -0.2) is 13.2 Å². The third-order valence-corrected chi connectivity index (χ3v) is 5.35. The molecule has 1 N–H and O–H groups in total. The van der Waals surface area contributed by atoms with E-state index in [4.69, 9.17) is 16.7 Å². The van der Waals surface area contributed by atoms with E-state index < -0.39 is 16.0 Å². The molecule has 0 amide bonds. The summed E-state index contributed by atoms with van der Waals surface area (Å²) >= 11 is 5.72. The smallest absolute Gasteiger partial charge is 0.337 e. The fraction of sp³-hybridized carbons (Fsp3) is 0.417. The summed E-state index contributed by atoms with van der Waals surface area (Å²) in [5.41, 5.74) is -0.222. The predicted molar refractivity (Wildman–Crippen MR) is 73.1 cm³/mol. The Morgan fingerprint density at radius 3 is 2.53 bits per heavy atom. The molecule has 0 saturated heterocycles. The number of carbonyl (C=O) groups is 1. The molecule has 1 aromatic carbocycles. The minimum absolute atomic E-state index is 0.0117. The summed E-state index contributed by atoms with van der Waals surface area (Å²) < 4.78 is 25.8. The van der Waals surface area contributed by atoms with Gasteiger partial charge in [-0.05, 0) is 31.5 Å². The van der Waals surface area contributed by atoms with Crippen LogP contribution >= 0.6 is 11.6 Å². The maximum Gasteiger partial charge on any atom is 0.337 e. The van der Waals surface area contributed by atoms with Crippen LogP contribution in [0, 0.1) is 0 Å². The molecule has 1 atom stereocenters. The van der Waals surface area contributed by atoms with Gasteiger partial charge < -0.3 is 5.11 Å². The number of carboxylic acids is 1. The van der Waals surface area contributed by atoms with Gasteiger partial charge in [0.25, 0.3) is 0 Å². The topological polar surface area (TPSA) is 74.7 Å². The van der Waals surface area contributed by atoms with E-state index in [1.54, 1.807) is 6.92 Å². The van der Waals surface area contributed by atoms with Crippen molar-refractivity contribution < 1.29 is 18.3 Å². The van der Waals surface area contributed by atoms with Crippen LogP contribution in [-0.4, -0.2) is 36.9 Å². The second-order valence-electron chi connectivity index (χ2n) is 4.23. The highest BCUT2D eigenvalue weighted by Crippen LogP contribution is 2.23. The quantitative estimate of drug-likeness (QED) is 0.906. The standard InChI is InChI=1S/C12H16ClNO4S/c1-4-8(2)14(3)19(17,18)9-5-6-11(13)10(7-9)12(15)16/h5-8H,4H2,1-3H3,(H,15,16). The van der Waals surface area contributed by atoms with E-state index >= 15 is 0 Å². The average molecular weight is 306 g/mol. The summed E-state index contributed by atoms with van der Waals surface area (Å²) in [5.74, 6) is -1.26. The van der Waals surface area contributed by atoms with Crippen molar-refractivity contribution >= 4 is 27.6 Å². The largest absolute Gasteiger partial charge is 0.478 e. The SMILES string of the molecule is CCC(C)N(C)S(=O)(=O)c1ccc(Cl)c(C(=O)O)c1. The second kappa shape index (κ2) is 5.90. The summed E-state index contributed by atoms with van der Waals surface area (Å²) in [4.78, 5) is 10.9. The summed E-state index contributed by atoms with van der Waals surface area (Å²) in [6, 6.07) is 3.50. The zero-order valence-corrected chi connectivity index (χ0v) is 12.5. The van der Waals surface area contributed by atoms with Gasteiger partial charge in [0.1, 0.15) is 0 Å². The first-order chi connectivity index (χ1) is 8.71. The molecule has 19 heavy (non-hydrogen) atoms. The van der Waals surface area contributed by atoms with Gasteiger partial charge in [-0.15, -0.1) is 0 Å². The second-order valence-corrected chi connectivity index (χ2v) is 6.63. The molecule has 5 nitrogen and oxygen atoms in total. The Morgan fingerprint density at radius 2 is 2.05 bits per heavy atom. The van der Waals surface area contributed by atoms with Crippen LogP contribution in [-0.2, 0) is 10.0 Å². The highest BCUT2D eigenvalue weighted by atomic mass is 35.5. The molecular weight excluding hydrogens is 290 g/mol. The van der Waals surface area contributed by atoms with Gasteiger partial charge in [0.2, 0.25) is 10.0 Å². The van der Waals surface area contributed by atoms with Crippen molar-refractivity contribution in [2.45, 2.75) is 31.2 Å². The fourth-order valence-corrected chi connectivity index (χ4v) is 3.15. The summed E-state index contributed by atoms with van der Waals surface area (Å²) in [6.45, 7) is 3.66. The fourth-order valence-electron chi connectivity index (χ4n) is 1.49. The highest BCUT2D eigenvalue weighted by molar-refractivity contribution is 7.89. The van der Waals surface area contributed by atoms with Crippen LogP contribution in [0.4, 0.5) is 0 Å². The number of nitrogens with zero attached hydrogens (tertiary/aromatic N) is 1. The number of carboxylic acid groups (broad SMARTS) is 1. The van der Waals surface area contributed by atoms with E-state index in [1.807, 2.05) is 6.92 Å². The van der Waals surface area contributed by atoms with E-state index in [9.17, 15) is 13.2 Å². The molecule has 0 fully saturated rings. The van der Waals surface area contributed by atoms with E-state index in [0.717, 1.165) is 6.07 Å². The first-order valence-electron chi connectivity index (χ1n) is 5.72. The molecule has 0 saturated carbocycles. The van der Waals surface area contributed by atoms with Gasteiger partial charge >= 0.3 is 5.97 Å². The first-order valence-corrected chi connectivity index (χ1v) is 7.54. The lowest BCUT2D eigenvalue weighted by Gasteiger charge is -2.23. The summed E-state index contributed by atoms with van der Waals surface area (Å²) in [6.07, 6.45) is 0.662. The van der Waals surface area contributed by atoms with Gasteiger partial charge in [0.15, 0.2) is 0 Å². The molecule has 0 spiro atoms. The Kier molecular flexibility index (Phi) is 4.95. The van der Waals surface area contributed by atoms with Crippen molar-refractivity contribution in [2.75, 3.05) is 7.05 Å². The average Bonchev–Trinajstić information content (AvgIpc) is 2.36. The van der Waals surface area contributed by atoms with Crippen LogP contribution in [0.3, 0.4) is 0 Å². The Hall–Kier alpha value is -1.11. The van der Waals surface area contributed by atoms with E-state index in [0.29, 0.717) is 6.42 Å². The molecular formula is C12H16ClNO4S. The number of rotatable bonds is 5. The molecule has 0 aliphatic rings. The molecule has 1 aromatic rings. The minimum atomic E-state index is -3.71. The van der Waals surface area contributed by atoms with Crippen LogP contribution in [0.5, 0.6) is 0 Å². The normalized spacial score (nSPS) is 13.5. The summed E-state index contributed by atoms with van der Waals surface area (Å²) in [5, 5.41) is 8.97. The monoisotopic (exact) mass is 305 g/mol. The zero-order chi connectivity index (χ0) is 14.8. The Bertz CT molecular complexity index is 585. The minimum Gasteiger partial charge on any atom is -0.478 e. The van der Waals surface area contributed by atoms with Crippen molar-refractivity contribution in [1.29, 1.82) is 0 Å². The molecule has 1 rings (SSSR count). The Labute approximate surface area is 117 Å². The van der Waals surface area contributed by atoms with E-state index in [2.05, 4.69) is 0 Å². The van der Waals surface area contributed by atoms with Crippen molar-refractivity contribution in [1.82, 2.24) is 4.31 Å². The number of hydrogen-bond acceptors (Lipinski definition) is 3. The van der Waals surface area contributed by atoms with Crippen LogP contribution < -0.4 is 0 Å². The lowest BCUT2D eigenvalue weighted by molar-refractivity contribution is 0.0697. The van der Waals surface area contributed by atoms with Crippen molar-refractivity contribution in [3.05, 3.63) is 28.8 Å². The van der Waals surface area contributed by atoms with Gasteiger partial charge in [-0.3, -0.25) is 0 Å². The molecule has 0 bridgehead atoms. The molecule has 0 aromatic heterocycles. The van der Waals surface area contributed by atoms with Crippen LogP contribution in [0.15, 0.2) is 23.1 Å². The third-order valence-electron chi connectivity index (χ3n) is 3.06. The van der Waals surface area contributed by atoms with Gasteiger partial charge in [0.05, 0.1) is 15.5 Å². The highest BCUT2D eigenvalue weighted by Gasteiger charge is 2.25. The van der Waals surface area contributed by atoms with Gasteiger partial charge in [-0.1, -0.05) is 18.5 Å². The zero-order valence-electron chi connectivity index (χ0n) is 10.9. The maximum absolute atomic E-state index is 12.3. The van der Waals surface area contributed by atoms with Crippen LogP contribution in [0.2, 0.25) is 5.02 Å². The van der Waals surface area contributed by atoms with Crippen molar-refractivity contribution in [2.24, 2.45) is 0 Å². The molecule has 7 heteroatoms. The molecule has 106 valence electrons. The molecule has 0 heterocycles. The predicted octanol–water partition coefficient (Wildman–Crippen LogP) is 2.46. The van der Waals surface area contributed by atoms with Crippen molar-refractivity contribution in [3.8, 4) is 0 Å². The van der Waals surface area contributed by atoms with Gasteiger partial charge in [-0.2, -0.15) is 4.31 Å². The lowest BCUT2D eigenvalue weighted by Crippen LogP contribution is -2.34. The molecule has 0 radical (unpaired) electrons. The maximum atomic E-state index is 12.3. The molecule has 0 aliphatic heterocycles. The number of sulfonamides is 1. The lowest BCUT2D eigenvalue weighted by atomic mass is 10.2. The van der Waals surface area contributed by atoms with Crippen LogP contribution in [0.1, 0.15) is 30.6 Å². The van der Waals surface area contributed by atoms with Crippen LogP contribution in [0.25, 0.3) is 0 Å². The Morgan fingerprint density at radius 1 is 1.47 bits per heavy atom. The number of hydrogen-bond donors (Lipinski definition) is 1. The Balaban J connectivity index is 3.30. The number of halogens is 1. The van der Waals surface area contributed by atoms with E-state index in [-0.39, 0.29) is 21.5 Å². The summed E-state index contributed by atoms with van der Waals surface area (Å²) in [7, 11) is -2.24. The number of benzene rings is 1. The number of aromatic carboxylic acids is 1. The molecule has 1 unspecified atom stereocenters. The third kappa shape index (κ3) is 3.26. The first kappa shape index (κ1) is 15.9. The van der Waals surface area contributed by atoms with Crippen molar-refractivity contribution in [3.63, 3.8) is 0 Å². The van der Waals surface area contributed by atoms with Gasteiger partial charge in [0, 0.05) is 13.1 Å². The molecule has 0 aliphatic carbocycles. The van der Waals surface area contributed by atoms with E-state index in [1.165, 1.54) is 23.5 Å².